The van der Waals surface area contributed by atoms with Gasteiger partial charge >= 0.3 is 0 Å². The quantitative estimate of drug-likeness (QED) is 0.635. The number of carbonyl (C=O) groups excluding carboxylic acids is 2. The predicted molar refractivity (Wildman–Crippen MR) is 108 cm³/mol. The first-order valence-corrected chi connectivity index (χ1v) is 9.28. The number of hydrogen-bond acceptors (Lipinski definition) is 3. The Morgan fingerprint density at radius 2 is 1.68 bits per heavy atom. The number of rotatable bonds is 8. The maximum Gasteiger partial charge on any atom is 0.251 e. The number of imidazole rings is 1. The second kappa shape index (κ2) is 9.50. The summed E-state index contributed by atoms with van der Waals surface area (Å²) >= 11 is 0. The molecule has 144 valence electrons. The lowest BCUT2D eigenvalue weighted by Crippen LogP contribution is -2.38. The molecular weight excluding hydrogens is 352 g/mol. The van der Waals surface area contributed by atoms with Gasteiger partial charge in [-0.15, -0.1) is 0 Å². The SMILES string of the molecule is C[C@@H](Cn1ccnc1)NC(=O)C[C@@H](NC(=O)c1ccccc1)c1ccccc1. The molecule has 0 unspecified atom stereocenters. The molecule has 0 bridgehead atoms. The second-order valence-corrected chi connectivity index (χ2v) is 6.73. The van der Waals surface area contributed by atoms with E-state index in [4.69, 9.17) is 0 Å². The fourth-order valence-corrected chi connectivity index (χ4v) is 3.04. The molecule has 0 aliphatic rings. The lowest BCUT2D eigenvalue weighted by Gasteiger charge is -2.21. The largest absolute Gasteiger partial charge is 0.352 e. The minimum absolute atomic E-state index is 0.0528. The van der Waals surface area contributed by atoms with Crippen molar-refractivity contribution in [3.8, 4) is 0 Å². The van der Waals surface area contributed by atoms with E-state index < -0.39 is 6.04 Å². The number of benzene rings is 2. The van der Waals surface area contributed by atoms with Crippen LogP contribution in [-0.4, -0.2) is 27.4 Å². The van der Waals surface area contributed by atoms with E-state index in [1.807, 2.05) is 66.2 Å². The van der Waals surface area contributed by atoms with Crippen LogP contribution in [-0.2, 0) is 11.3 Å². The zero-order chi connectivity index (χ0) is 19.8. The highest BCUT2D eigenvalue weighted by molar-refractivity contribution is 5.94. The maximum absolute atomic E-state index is 12.6. The van der Waals surface area contributed by atoms with E-state index in [1.165, 1.54) is 0 Å². The summed E-state index contributed by atoms with van der Waals surface area (Å²) in [6.45, 7) is 2.58. The Balaban J connectivity index is 1.65. The van der Waals surface area contributed by atoms with Gasteiger partial charge < -0.3 is 15.2 Å². The molecule has 0 saturated carbocycles. The molecule has 0 spiro atoms. The molecule has 0 saturated heterocycles. The summed E-state index contributed by atoms with van der Waals surface area (Å²) in [4.78, 5) is 29.2. The van der Waals surface area contributed by atoms with Crippen molar-refractivity contribution in [3.63, 3.8) is 0 Å². The molecule has 2 atom stereocenters. The van der Waals surface area contributed by atoms with E-state index in [0.29, 0.717) is 12.1 Å². The fourth-order valence-electron chi connectivity index (χ4n) is 3.04. The van der Waals surface area contributed by atoms with Gasteiger partial charge in [-0.25, -0.2) is 4.98 Å². The minimum atomic E-state index is -0.408. The molecule has 1 aromatic heterocycles. The third-order valence-corrected chi connectivity index (χ3v) is 4.38. The molecule has 28 heavy (non-hydrogen) atoms. The summed E-state index contributed by atoms with van der Waals surface area (Å²) in [7, 11) is 0. The normalized spacial score (nSPS) is 12.8. The summed E-state index contributed by atoms with van der Waals surface area (Å²) in [5, 5.41) is 5.98. The van der Waals surface area contributed by atoms with Gasteiger partial charge in [0.1, 0.15) is 0 Å². The Morgan fingerprint density at radius 3 is 2.32 bits per heavy atom. The van der Waals surface area contributed by atoms with Crippen LogP contribution in [0.3, 0.4) is 0 Å². The van der Waals surface area contributed by atoms with Crippen molar-refractivity contribution < 1.29 is 9.59 Å². The van der Waals surface area contributed by atoms with E-state index in [-0.39, 0.29) is 24.3 Å². The van der Waals surface area contributed by atoms with Crippen LogP contribution in [0.2, 0.25) is 0 Å². The van der Waals surface area contributed by atoms with Gasteiger partial charge in [-0.3, -0.25) is 9.59 Å². The van der Waals surface area contributed by atoms with Gasteiger partial charge in [-0.05, 0) is 24.6 Å². The molecule has 6 heteroatoms. The maximum atomic E-state index is 12.6. The smallest absolute Gasteiger partial charge is 0.251 e. The first kappa shape index (κ1) is 19.4. The molecule has 0 aliphatic carbocycles. The van der Waals surface area contributed by atoms with Crippen molar-refractivity contribution in [1.29, 1.82) is 0 Å². The number of amides is 2. The number of carbonyl (C=O) groups is 2. The molecule has 2 amide bonds. The van der Waals surface area contributed by atoms with Crippen molar-refractivity contribution >= 4 is 11.8 Å². The highest BCUT2D eigenvalue weighted by Crippen LogP contribution is 2.17. The third-order valence-electron chi connectivity index (χ3n) is 4.38. The van der Waals surface area contributed by atoms with Crippen molar-refractivity contribution in [2.24, 2.45) is 0 Å². The van der Waals surface area contributed by atoms with Crippen LogP contribution >= 0.6 is 0 Å². The van der Waals surface area contributed by atoms with Gasteiger partial charge in [-0.1, -0.05) is 48.5 Å². The molecule has 2 N–H and O–H groups in total. The number of hydrogen-bond donors (Lipinski definition) is 2. The first-order valence-electron chi connectivity index (χ1n) is 9.28. The Morgan fingerprint density at radius 1 is 1.00 bits per heavy atom. The molecule has 0 aliphatic heterocycles. The Labute approximate surface area is 164 Å². The number of nitrogens with one attached hydrogen (secondary N) is 2. The molecule has 6 nitrogen and oxygen atoms in total. The van der Waals surface area contributed by atoms with Crippen LogP contribution in [0.4, 0.5) is 0 Å². The molecule has 2 aromatic carbocycles. The Bertz CT molecular complexity index is 879. The lowest BCUT2D eigenvalue weighted by molar-refractivity contribution is -0.122. The monoisotopic (exact) mass is 376 g/mol. The summed E-state index contributed by atoms with van der Waals surface area (Å²) in [5.74, 6) is -0.316. The average molecular weight is 376 g/mol. The van der Waals surface area contributed by atoms with Crippen molar-refractivity contribution in [1.82, 2.24) is 20.2 Å². The topological polar surface area (TPSA) is 76.0 Å². The van der Waals surface area contributed by atoms with Gasteiger partial charge in [0.15, 0.2) is 0 Å². The zero-order valence-corrected chi connectivity index (χ0v) is 15.8. The van der Waals surface area contributed by atoms with Crippen LogP contribution in [0.1, 0.15) is 35.3 Å². The Kier molecular flexibility index (Phi) is 6.57. The van der Waals surface area contributed by atoms with E-state index in [0.717, 1.165) is 5.56 Å². The number of aromatic nitrogens is 2. The fraction of sp³-hybridized carbons (Fsp3) is 0.227. The molecule has 1 heterocycles. The lowest BCUT2D eigenvalue weighted by atomic mass is 10.0. The summed E-state index contributed by atoms with van der Waals surface area (Å²) in [6.07, 6.45) is 5.45. The highest BCUT2D eigenvalue weighted by atomic mass is 16.2. The zero-order valence-electron chi connectivity index (χ0n) is 15.8. The summed E-state index contributed by atoms with van der Waals surface area (Å²) in [5.41, 5.74) is 1.46. The van der Waals surface area contributed by atoms with Crippen LogP contribution in [0.5, 0.6) is 0 Å². The first-order chi connectivity index (χ1) is 13.6. The van der Waals surface area contributed by atoms with Crippen LogP contribution in [0.25, 0.3) is 0 Å². The molecule has 3 aromatic rings. The molecular formula is C22H24N4O2. The van der Waals surface area contributed by atoms with E-state index in [2.05, 4.69) is 15.6 Å². The van der Waals surface area contributed by atoms with Gasteiger partial charge in [0.25, 0.3) is 5.91 Å². The minimum Gasteiger partial charge on any atom is -0.352 e. The van der Waals surface area contributed by atoms with Crippen LogP contribution in [0.15, 0.2) is 79.4 Å². The van der Waals surface area contributed by atoms with E-state index in [9.17, 15) is 9.59 Å². The third kappa shape index (κ3) is 5.54. The highest BCUT2D eigenvalue weighted by Gasteiger charge is 2.20. The van der Waals surface area contributed by atoms with Gasteiger partial charge in [-0.2, -0.15) is 0 Å². The molecule has 3 rings (SSSR count). The van der Waals surface area contributed by atoms with Gasteiger partial charge in [0.05, 0.1) is 18.8 Å². The molecule has 0 fully saturated rings. The van der Waals surface area contributed by atoms with Crippen LogP contribution < -0.4 is 10.6 Å². The van der Waals surface area contributed by atoms with Gasteiger partial charge in [0.2, 0.25) is 5.91 Å². The standard InChI is InChI=1S/C22H24N4O2/c1-17(15-26-13-12-23-16-26)24-21(27)14-20(18-8-4-2-5-9-18)25-22(28)19-10-6-3-7-11-19/h2-13,16-17,20H,14-15H2,1H3,(H,24,27)(H,25,28)/t17-,20+/m0/s1. The van der Waals surface area contributed by atoms with E-state index >= 15 is 0 Å². The second-order valence-electron chi connectivity index (χ2n) is 6.73. The van der Waals surface area contributed by atoms with E-state index in [1.54, 1.807) is 24.7 Å². The molecule has 0 radical (unpaired) electrons. The van der Waals surface area contributed by atoms with Crippen molar-refractivity contribution in [2.45, 2.75) is 32.0 Å². The summed E-state index contributed by atoms with van der Waals surface area (Å²) < 4.78 is 1.91. The van der Waals surface area contributed by atoms with Crippen LogP contribution in [0, 0.1) is 0 Å². The average Bonchev–Trinajstić information content (AvgIpc) is 3.21. The van der Waals surface area contributed by atoms with Crippen molar-refractivity contribution in [3.05, 3.63) is 90.5 Å². The summed E-state index contributed by atoms with van der Waals surface area (Å²) in [6, 6.07) is 18.1. The predicted octanol–water partition coefficient (Wildman–Crippen LogP) is 2.95. The van der Waals surface area contributed by atoms with Gasteiger partial charge in [0, 0.05) is 30.5 Å². The number of nitrogens with zero attached hydrogens (tertiary/aromatic N) is 2. The Hall–Kier alpha value is -3.41. The van der Waals surface area contributed by atoms with Crippen molar-refractivity contribution in [2.75, 3.05) is 0 Å².